The number of carboxylic acids is 1. The molecular formula is C9H10KNO4. The van der Waals surface area contributed by atoms with Gasteiger partial charge < -0.3 is 20.7 Å². The zero-order chi connectivity index (χ0) is 9.68. The molecule has 0 spiro atoms. The van der Waals surface area contributed by atoms with E-state index in [1.54, 1.807) is 30.3 Å². The Morgan fingerprint density at radius 2 is 1.73 bits per heavy atom. The molecule has 6 heteroatoms. The molecule has 0 aromatic heterocycles. The molecule has 1 aromatic rings. The minimum atomic E-state index is -1.30. The van der Waals surface area contributed by atoms with E-state index < -0.39 is 18.4 Å². The van der Waals surface area contributed by atoms with E-state index in [-0.39, 0.29) is 56.9 Å². The molecule has 1 aromatic carbocycles. The van der Waals surface area contributed by atoms with Gasteiger partial charge in [0.25, 0.3) is 5.91 Å². The summed E-state index contributed by atoms with van der Waals surface area (Å²) in [6.07, 6.45) is 0. The van der Waals surface area contributed by atoms with Crippen molar-refractivity contribution in [2.24, 2.45) is 0 Å². The number of nitrogens with one attached hydrogen (secondary N) is 1. The summed E-state index contributed by atoms with van der Waals surface area (Å²) in [6, 6.07) is 8.38. The average molecular weight is 235 g/mol. The van der Waals surface area contributed by atoms with Crippen molar-refractivity contribution >= 4 is 11.9 Å². The molecule has 1 rings (SSSR count). The molecule has 0 aliphatic heterocycles. The number of hydrogen-bond acceptors (Lipinski definition) is 3. The molecule has 76 valence electrons. The molecule has 3 N–H and O–H groups in total. The van der Waals surface area contributed by atoms with Gasteiger partial charge in [0.2, 0.25) is 0 Å². The summed E-state index contributed by atoms with van der Waals surface area (Å²) in [7, 11) is 0. The maximum Gasteiger partial charge on any atom is 1.00 e. The van der Waals surface area contributed by atoms with Crippen molar-refractivity contribution in [3.05, 3.63) is 35.9 Å². The van der Waals surface area contributed by atoms with Gasteiger partial charge in [-0.25, -0.2) is 0 Å². The Morgan fingerprint density at radius 3 is 2.20 bits per heavy atom. The third kappa shape index (κ3) is 6.77. The van der Waals surface area contributed by atoms with Crippen LogP contribution in [0.3, 0.4) is 0 Å². The zero-order valence-electron chi connectivity index (χ0n) is 8.32. The minimum Gasteiger partial charge on any atom is -0.548 e. The first kappa shape index (κ1) is 17.2. The SMILES string of the molecule is O.O=C([O-])CNC(=O)c1ccccc1.[K+]. The standard InChI is InChI=1S/C9H9NO3.K.H2O/c11-8(12)6-10-9(13)7-4-2-1-3-5-7;;/h1-5H,6H2,(H,10,13)(H,11,12);;1H2/q;+1;/p-1. The molecular weight excluding hydrogens is 225 g/mol. The van der Waals surface area contributed by atoms with E-state index >= 15 is 0 Å². The van der Waals surface area contributed by atoms with Gasteiger partial charge in [-0.3, -0.25) is 4.79 Å². The Labute approximate surface area is 130 Å². The first-order chi connectivity index (χ1) is 6.20. The second kappa shape index (κ2) is 9.02. The monoisotopic (exact) mass is 235 g/mol. The molecule has 0 aliphatic rings. The molecule has 0 radical (unpaired) electrons. The Hall–Kier alpha value is -0.244. The van der Waals surface area contributed by atoms with E-state index in [4.69, 9.17) is 0 Å². The van der Waals surface area contributed by atoms with E-state index in [0.717, 1.165) is 0 Å². The summed E-state index contributed by atoms with van der Waals surface area (Å²) in [5.41, 5.74) is 0.434. The summed E-state index contributed by atoms with van der Waals surface area (Å²) in [5, 5.41) is 12.2. The van der Waals surface area contributed by atoms with Crippen molar-refractivity contribution in [2.45, 2.75) is 0 Å². The third-order valence-electron chi connectivity index (χ3n) is 1.43. The largest absolute Gasteiger partial charge is 1.00 e. The van der Waals surface area contributed by atoms with E-state index in [1.165, 1.54) is 0 Å². The van der Waals surface area contributed by atoms with Crippen molar-refractivity contribution in [3.8, 4) is 0 Å². The normalized spacial score (nSPS) is 8.00. The van der Waals surface area contributed by atoms with Gasteiger partial charge in [0.15, 0.2) is 0 Å². The second-order valence-corrected chi connectivity index (χ2v) is 2.42. The molecule has 0 unspecified atom stereocenters. The first-order valence-electron chi connectivity index (χ1n) is 3.73. The molecule has 0 fully saturated rings. The second-order valence-electron chi connectivity index (χ2n) is 2.42. The molecule has 1 amide bonds. The van der Waals surface area contributed by atoms with Crippen LogP contribution in [0.5, 0.6) is 0 Å². The molecule has 0 aliphatic carbocycles. The van der Waals surface area contributed by atoms with E-state index in [9.17, 15) is 14.7 Å². The number of aliphatic carboxylic acids is 1. The summed E-state index contributed by atoms with van der Waals surface area (Å²) >= 11 is 0. The number of hydrogen-bond donors (Lipinski definition) is 1. The number of rotatable bonds is 3. The third-order valence-corrected chi connectivity index (χ3v) is 1.43. The number of carbonyl (C=O) groups is 2. The van der Waals surface area contributed by atoms with Gasteiger partial charge in [-0.15, -0.1) is 0 Å². The van der Waals surface area contributed by atoms with Crippen LogP contribution in [0.4, 0.5) is 0 Å². The van der Waals surface area contributed by atoms with Gasteiger partial charge in [0, 0.05) is 5.56 Å². The van der Waals surface area contributed by atoms with Crippen molar-refractivity contribution in [2.75, 3.05) is 6.54 Å². The Balaban J connectivity index is 0. The summed E-state index contributed by atoms with van der Waals surface area (Å²) in [5.74, 6) is -1.71. The van der Waals surface area contributed by atoms with E-state index in [1.807, 2.05) is 0 Å². The molecule has 0 atom stereocenters. The number of benzene rings is 1. The van der Waals surface area contributed by atoms with E-state index in [2.05, 4.69) is 5.32 Å². The van der Waals surface area contributed by atoms with E-state index in [0.29, 0.717) is 5.56 Å². The Bertz CT molecular complexity index is 315. The van der Waals surface area contributed by atoms with Crippen LogP contribution in [0.25, 0.3) is 0 Å². The van der Waals surface area contributed by atoms with Crippen LogP contribution in [0.2, 0.25) is 0 Å². The number of amides is 1. The van der Waals surface area contributed by atoms with Gasteiger partial charge in [0.1, 0.15) is 0 Å². The van der Waals surface area contributed by atoms with Gasteiger partial charge in [-0.1, -0.05) is 18.2 Å². The molecule has 0 heterocycles. The van der Waals surface area contributed by atoms with Crippen LogP contribution in [-0.2, 0) is 4.79 Å². The summed E-state index contributed by atoms with van der Waals surface area (Å²) < 4.78 is 0. The molecule has 15 heavy (non-hydrogen) atoms. The van der Waals surface area contributed by atoms with Crippen molar-refractivity contribution in [3.63, 3.8) is 0 Å². The fraction of sp³-hybridized carbons (Fsp3) is 0.111. The maximum atomic E-state index is 11.1. The van der Waals surface area contributed by atoms with Crippen molar-refractivity contribution < 1.29 is 71.6 Å². The van der Waals surface area contributed by atoms with Crippen LogP contribution >= 0.6 is 0 Å². The molecule has 0 saturated carbocycles. The molecule has 0 saturated heterocycles. The van der Waals surface area contributed by atoms with Gasteiger partial charge in [-0.05, 0) is 12.1 Å². The number of carboxylic acid groups (broad SMARTS) is 1. The van der Waals surface area contributed by atoms with Crippen LogP contribution in [0, 0.1) is 0 Å². The van der Waals surface area contributed by atoms with Crippen LogP contribution in [0.1, 0.15) is 10.4 Å². The zero-order valence-corrected chi connectivity index (χ0v) is 11.4. The average Bonchev–Trinajstić information content (AvgIpc) is 2.15. The van der Waals surface area contributed by atoms with Crippen molar-refractivity contribution in [1.82, 2.24) is 5.32 Å². The van der Waals surface area contributed by atoms with Gasteiger partial charge >= 0.3 is 51.4 Å². The Morgan fingerprint density at radius 1 is 1.20 bits per heavy atom. The van der Waals surface area contributed by atoms with Crippen LogP contribution in [-0.4, -0.2) is 23.9 Å². The minimum absolute atomic E-state index is 0. The molecule has 0 bridgehead atoms. The first-order valence-corrected chi connectivity index (χ1v) is 3.73. The van der Waals surface area contributed by atoms with Crippen molar-refractivity contribution in [1.29, 1.82) is 0 Å². The predicted molar refractivity (Wildman–Crippen MR) is 47.4 cm³/mol. The molecule has 5 nitrogen and oxygen atoms in total. The smallest absolute Gasteiger partial charge is 0.548 e. The fourth-order valence-electron chi connectivity index (χ4n) is 0.844. The summed E-state index contributed by atoms with van der Waals surface area (Å²) in [6.45, 7) is -0.465. The van der Waals surface area contributed by atoms with Crippen LogP contribution in [0.15, 0.2) is 30.3 Å². The fourth-order valence-corrected chi connectivity index (χ4v) is 0.844. The quantitative estimate of drug-likeness (QED) is 0.533. The maximum absolute atomic E-state index is 11.1. The predicted octanol–water partition coefficient (Wildman–Crippen LogP) is -4.65. The topological polar surface area (TPSA) is 101 Å². The van der Waals surface area contributed by atoms with Crippen LogP contribution < -0.4 is 61.8 Å². The van der Waals surface area contributed by atoms with Gasteiger partial charge in [0.05, 0.1) is 12.5 Å². The van der Waals surface area contributed by atoms with Gasteiger partial charge in [-0.2, -0.15) is 0 Å². The summed E-state index contributed by atoms with van der Waals surface area (Å²) in [4.78, 5) is 21.2. The Kier molecular flexibility index (Phi) is 10.3. The number of carbonyl (C=O) groups excluding carboxylic acids is 2.